The van der Waals surface area contributed by atoms with E-state index >= 15 is 0 Å². The third kappa shape index (κ3) is 1.72. The number of aryl methyl sites for hydroxylation is 1. The zero-order chi connectivity index (χ0) is 6.69. The van der Waals surface area contributed by atoms with Gasteiger partial charge in [-0.15, -0.1) is 11.8 Å². The molecule has 0 aromatic carbocycles. The monoisotopic (exact) mass is 138 g/mol. The van der Waals surface area contributed by atoms with E-state index in [0.29, 0.717) is 0 Å². The van der Waals surface area contributed by atoms with Crippen molar-refractivity contribution >= 4 is 11.8 Å². The summed E-state index contributed by atoms with van der Waals surface area (Å²) in [6, 6.07) is 6.85. The van der Waals surface area contributed by atoms with Crippen molar-refractivity contribution in [1.29, 1.82) is 0 Å². The molecule has 1 aromatic rings. The molecule has 0 saturated carbocycles. The standard InChI is InChI=1S/C7H8NS/c1-6-4-3-5-7(8-6)9-2/h3-4H,1-2H3. The molecule has 0 fully saturated rings. The summed E-state index contributed by atoms with van der Waals surface area (Å²) in [4.78, 5) is 4.20. The Kier molecular flexibility index (Phi) is 2.11. The Balaban J connectivity index is 2.94. The van der Waals surface area contributed by atoms with E-state index in [1.165, 1.54) is 0 Å². The van der Waals surface area contributed by atoms with Crippen LogP contribution in [0, 0.1) is 13.0 Å². The highest BCUT2D eigenvalue weighted by atomic mass is 32.2. The molecule has 0 saturated heterocycles. The second-order valence-electron chi connectivity index (χ2n) is 1.74. The van der Waals surface area contributed by atoms with Gasteiger partial charge in [0.15, 0.2) is 0 Å². The third-order valence-electron chi connectivity index (χ3n) is 1.00. The fourth-order valence-corrected chi connectivity index (χ4v) is 0.989. The zero-order valence-electron chi connectivity index (χ0n) is 5.51. The van der Waals surface area contributed by atoms with E-state index in [4.69, 9.17) is 0 Å². The molecule has 1 nitrogen and oxygen atoms in total. The lowest BCUT2D eigenvalue weighted by Gasteiger charge is -1.93. The normalized spacial score (nSPS) is 9.56. The summed E-state index contributed by atoms with van der Waals surface area (Å²) in [6.45, 7) is 1.98. The minimum Gasteiger partial charge on any atom is -0.246 e. The second-order valence-corrected chi connectivity index (χ2v) is 2.54. The molecule has 0 spiro atoms. The van der Waals surface area contributed by atoms with Crippen molar-refractivity contribution in [3.63, 3.8) is 0 Å². The average molecular weight is 138 g/mol. The predicted molar refractivity (Wildman–Crippen MR) is 39.6 cm³/mol. The first-order valence-electron chi connectivity index (χ1n) is 2.72. The molecule has 0 aliphatic carbocycles. The van der Waals surface area contributed by atoms with Gasteiger partial charge in [0.2, 0.25) is 0 Å². The summed E-state index contributed by atoms with van der Waals surface area (Å²) in [7, 11) is 0. The van der Waals surface area contributed by atoms with Crippen LogP contribution < -0.4 is 0 Å². The summed E-state index contributed by atoms with van der Waals surface area (Å²) in [5.74, 6) is 0. The van der Waals surface area contributed by atoms with Gasteiger partial charge in [-0.25, -0.2) is 4.98 Å². The van der Waals surface area contributed by atoms with E-state index in [1.54, 1.807) is 11.8 Å². The number of nitrogens with zero attached hydrogens (tertiary/aromatic N) is 1. The molecule has 0 amide bonds. The van der Waals surface area contributed by atoms with Gasteiger partial charge in [0.25, 0.3) is 0 Å². The van der Waals surface area contributed by atoms with Crippen LogP contribution in [0.4, 0.5) is 0 Å². The topological polar surface area (TPSA) is 12.9 Å². The molecule has 0 bridgehead atoms. The maximum absolute atomic E-state index is 4.20. The SMILES string of the molecule is CSc1[c]ccc(C)n1. The third-order valence-corrected chi connectivity index (χ3v) is 1.60. The first-order valence-corrected chi connectivity index (χ1v) is 3.95. The molecule has 0 N–H and O–H groups in total. The van der Waals surface area contributed by atoms with Gasteiger partial charge in [0.1, 0.15) is 5.03 Å². The van der Waals surface area contributed by atoms with Crippen molar-refractivity contribution in [3.8, 4) is 0 Å². The number of hydrogen-bond acceptors (Lipinski definition) is 2. The van der Waals surface area contributed by atoms with Crippen LogP contribution in [0.15, 0.2) is 17.2 Å². The predicted octanol–water partition coefficient (Wildman–Crippen LogP) is 1.91. The van der Waals surface area contributed by atoms with Gasteiger partial charge in [-0.05, 0) is 25.3 Å². The Morgan fingerprint density at radius 1 is 1.67 bits per heavy atom. The van der Waals surface area contributed by atoms with Gasteiger partial charge >= 0.3 is 0 Å². The molecule has 0 atom stereocenters. The Hall–Kier alpha value is -0.500. The van der Waals surface area contributed by atoms with Crippen LogP contribution in [0.1, 0.15) is 5.69 Å². The van der Waals surface area contributed by atoms with E-state index in [1.807, 2.05) is 25.3 Å². The molecule has 1 heterocycles. The summed E-state index contributed by atoms with van der Waals surface area (Å²) in [6.07, 6.45) is 2.00. The lowest BCUT2D eigenvalue weighted by molar-refractivity contribution is 1.06. The molecule has 1 radical (unpaired) electrons. The van der Waals surface area contributed by atoms with Crippen molar-refractivity contribution in [2.45, 2.75) is 11.9 Å². The average Bonchev–Trinajstić information content (AvgIpc) is 1.88. The van der Waals surface area contributed by atoms with Gasteiger partial charge < -0.3 is 0 Å². The van der Waals surface area contributed by atoms with E-state index < -0.39 is 0 Å². The summed E-state index contributed by atoms with van der Waals surface area (Å²) in [5, 5.41) is 0.968. The van der Waals surface area contributed by atoms with Crippen LogP contribution >= 0.6 is 11.8 Å². The Morgan fingerprint density at radius 3 is 2.89 bits per heavy atom. The number of pyridine rings is 1. The molecule has 1 aromatic heterocycles. The van der Waals surface area contributed by atoms with Gasteiger partial charge in [-0.2, -0.15) is 0 Å². The van der Waals surface area contributed by atoms with Crippen LogP contribution in [0.2, 0.25) is 0 Å². The van der Waals surface area contributed by atoms with Gasteiger partial charge in [0, 0.05) is 11.8 Å². The number of aromatic nitrogens is 1. The first-order chi connectivity index (χ1) is 4.33. The van der Waals surface area contributed by atoms with Crippen LogP contribution in [-0.4, -0.2) is 11.2 Å². The Morgan fingerprint density at radius 2 is 2.44 bits per heavy atom. The van der Waals surface area contributed by atoms with E-state index in [-0.39, 0.29) is 0 Å². The van der Waals surface area contributed by atoms with Gasteiger partial charge in [-0.3, -0.25) is 0 Å². The fourth-order valence-electron chi connectivity index (χ4n) is 0.568. The van der Waals surface area contributed by atoms with Crippen molar-refractivity contribution < 1.29 is 0 Å². The quantitative estimate of drug-likeness (QED) is 0.550. The van der Waals surface area contributed by atoms with Crippen LogP contribution in [0.5, 0.6) is 0 Å². The van der Waals surface area contributed by atoms with Crippen molar-refractivity contribution in [3.05, 3.63) is 23.9 Å². The van der Waals surface area contributed by atoms with Crippen molar-refractivity contribution in [1.82, 2.24) is 4.98 Å². The number of rotatable bonds is 1. The first kappa shape index (κ1) is 6.62. The molecular weight excluding hydrogens is 130 g/mol. The summed E-state index contributed by atoms with van der Waals surface area (Å²) >= 11 is 1.62. The molecular formula is C7H8NS. The highest BCUT2D eigenvalue weighted by molar-refractivity contribution is 7.98. The second kappa shape index (κ2) is 2.87. The lowest BCUT2D eigenvalue weighted by Crippen LogP contribution is -1.81. The van der Waals surface area contributed by atoms with Crippen LogP contribution in [0.3, 0.4) is 0 Å². The minimum absolute atomic E-state index is 0.968. The molecule has 0 aliphatic heterocycles. The molecule has 1 rings (SSSR count). The fraction of sp³-hybridized carbons (Fsp3) is 0.286. The number of hydrogen-bond donors (Lipinski definition) is 0. The molecule has 9 heavy (non-hydrogen) atoms. The lowest BCUT2D eigenvalue weighted by atomic mass is 10.4. The minimum atomic E-state index is 0.968. The molecule has 47 valence electrons. The number of thioether (sulfide) groups is 1. The molecule has 2 heteroatoms. The maximum Gasteiger partial charge on any atom is 0.104 e. The largest absolute Gasteiger partial charge is 0.246 e. The molecule has 0 aliphatic rings. The molecule has 0 unspecified atom stereocenters. The van der Waals surface area contributed by atoms with Crippen molar-refractivity contribution in [2.24, 2.45) is 0 Å². The zero-order valence-corrected chi connectivity index (χ0v) is 6.33. The van der Waals surface area contributed by atoms with Gasteiger partial charge in [-0.1, -0.05) is 0 Å². The van der Waals surface area contributed by atoms with Crippen LogP contribution in [0.25, 0.3) is 0 Å². The highest BCUT2D eigenvalue weighted by Crippen LogP contribution is 2.09. The van der Waals surface area contributed by atoms with Gasteiger partial charge in [0.05, 0.1) is 0 Å². The van der Waals surface area contributed by atoms with Crippen molar-refractivity contribution in [2.75, 3.05) is 6.26 Å². The maximum atomic E-state index is 4.20. The summed E-state index contributed by atoms with van der Waals surface area (Å²) in [5.41, 5.74) is 1.05. The summed E-state index contributed by atoms with van der Waals surface area (Å²) < 4.78 is 0. The van der Waals surface area contributed by atoms with Crippen LogP contribution in [-0.2, 0) is 0 Å². The van der Waals surface area contributed by atoms with E-state index in [2.05, 4.69) is 11.1 Å². The van der Waals surface area contributed by atoms with E-state index in [9.17, 15) is 0 Å². The highest BCUT2D eigenvalue weighted by Gasteiger charge is 1.88. The Labute approximate surface area is 59.5 Å². The Bertz CT molecular complexity index is 198. The van der Waals surface area contributed by atoms with E-state index in [0.717, 1.165) is 10.7 Å². The smallest absolute Gasteiger partial charge is 0.104 e.